The van der Waals surface area contributed by atoms with Crippen LogP contribution in [0.5, 0.6) is 11.5 Å². The van der Waals surface area contributed by atoms with Gasteiger partial charge in [-0.15, -0.1) is 0 Å². The fraction of sp³-hybridized carbons (Fsp3) is 0.333. The van der Waals surface area contributed by atoms with Gasteiger partial charge in [-0.25, -0.2) is 0 Å². The summed E-state index contributed by atoms with van der Waals surface area (Å²) in [5.74, 6) is -0.578. The Kier molecular flexibility index (Phi) is 5.82. The average Bonchev–Trinajstić information content (AvgIpc) is 3.37. The van der Waals surface area contributed by atoms with Gasteiger partial charge in [0.15, 0.2) is 17.5 Å². The summed E-state index contributed by atoms with van der Waals surface area (Å²) in [5, 5.41) is 12.5. The van der Waals surface area contributed by atoms with E-state index in [-0.39, 0.29) is 28.8 Å². The lowest BCUT2D eigenvalue weighted by Gasteiger charge is -2.22. The molecule has 164 valence electrons. The molecule has 0 bridgehead atoms. The normalized spacial score (nSPS) is 16.5. The van der Waals surface area contributed by atoms with Crippen LogP contribution in [0.1, 0.15) is 64.9 Å². The number of nitrogens with one attached hydrogen (secondary N) is 1. The van der Waals surface area contributed by atoms with E-state index >= 15 is 0 Å². The minimum atomic E-state index is -1.16. The molecule has 1 N–H and O–H groups in total. The predicted octanol–water partition coefficient (Wildman–Crippen LogP) is 3.84. The quantitative estimate of drug-likeness (QED) is 0.694. The van der Waals surface area contributed by atoms with Crippen molar-refractivity contribution in [2.24, 2.45) is 0 Å². The second-order valence-electron chi connectivity index (χ2n) is 7.86. The second kappa shape index (κ2) is 8.71. The van der Waals surface area contributed by atoms with Gasteiger partial charge in [-0.2, -0.15) is 5.26 Å². The van der Waals surface area contributed by atoms with Crippen molar-refractivity contribution >= 4 is 23.4 Å². The number of amides is 3. The van der Waals surface area contributed by atoms with E-state index in [0.29, 0.717) is 17.1 Å². The molecule has 2 aliphatic rings. The summed E-state index contributed by atoms with van der Waals surface area (Å²) in [6.07, 6.45) is 4.15. The van der Waals surface area contributed by atoms with Gasteiger partial charge in [0.05, 0.1) is 36.1 Å². The van der Waals surface area contributed by atoms with E-state index in [0.717, 1.165) is 30.6 Å². The third-order valence-electron chi connectivity index (χ3n) is 5.74. The Morgan fingerprint density at radius 3 is 2.56 bits per heavy atom. The fourth-order valence-electron chi connectivity index (χ4n) is 4.25. The summed E-state index contributed by atoms with van der Waals surface area (Å²) >= 11 is 0. The third kappa shape index (κ3) is 3.78. The van der Waals surface area contributed by atoms with Crippen molar-refractivity contribution in [1.82, 2.24) is 4.90 Å². The van der Waals surface area contributed by atoms with E-state index in [4.69, 9.17) is 9.47 Å². The zero-order valence-electron chi connectivity index (χ0n) is 17.9. The monoisotopic (exact) mass is 433 g/mol. The van der Waals surface area contributed by atoms with Crippen LogP contribution in [0.3, 0.4) is 0 Å². The molecule has 4 rings (SSSR count). The van der Waals surface area contributed by atoms with E-state index < -0.39 is 17.9 Å². The minimum Gasteiger partial charge on any atom is -0.493 e. The van der Waals surface area contributed by atoms with Crippen molar-refractivity contribution in [3.05, 3.63) is 53.1 Å². The largest absolute Gasteiger partial charge is 0.493 e. The average molecular weight is 433 g/mol. The van der Waals surface area contributed by atoms with Crippen LogP contribution in [0.15, 0.2) is 36.4 Å². The molecule has 1 heterocycles. The number of nitriles is 1. The first-order valence-electron chi connectivity index (χ1n) is 10.5. The van der Waals surface area contributed by atoms with Crippen molar-refractivity contribution in [2.45, 2.75) is 44.8 Å². The highest BCUT2D eigenvalue weighted by Crippen LogP contribution is 2.38. The Hall–Kier alpha value is -3.86. The Labute approximate surface area is 185 Å². The Morgan fingerprint density at radius 1 is 1.16 bits per heavy atom. The summed E-state index contributed by atoms with van der Waals surface area (Å²) in [6.45, 7) is 1.32. The van der Waals surface area contributed by atoms with Gasteiger partial charge >= 0.3 is 0 Å². The van der Waals surface area contributed by atoms with E-state index in [1.807, 2.05) is 0 Å². The number of nitrogens with zero attached hydrogens (tertiary/aromatic N) is 2. The summed E-state index contributed by atoms with van der Waals surface area (Å²) in [5.41, 5.74) is 0.922. The number of methoxy groups -OCH3 is 1. The van der Waals surface area contributed by atoms with Crippen molar-refractivity contribution in [3.8, 4) is 17.6 Å². The molecule has 8 heteroatoms. The number of carbonyl (C=O) groups is 3. The molecule has 0 spiro atoms. The molecule has 3 amide bonds. The molecule has 2 aromatic carbocycles. The van der Waals surface area contributed by atoms with Gasteiger partial charge in [0.25, 0.3) is 11.8 Å². The molecule has 0 aromatic heterocycles. The number of hydrogen-bond acceptors (Lipinski definition) is 6. The summed E-state index contributed by atoms with van der Waals surface area (Å²) in [7, 11) is 1.53. The van der Waals surface area contributed by atoms with Gasteiger partial charge in [0, 0.05) is 6.92 Å². The molecule has 2 aromatic rings. The third-order valence-corrected chi connectivity index (χ3v) is 5.74. The van der Waals surface area contributed by atoms with Crippen LogP contribution in [-0.4, -0.2) is 35.8 Å². The maximum atomic E-state index is 13.2. The van der Waals surface area contributed by atoms with E-state index in [9.17, 15) is 19.6 Å². The van der Waals surface area contributed by atoms with E-state index in [1.165, 1.54) is 20.1 Å². The predicted molar refractivity (Wildman–Crippen MR) is 115 cm³/mol. The molecule has 32 heavy (non-hydrogen) atoms. The lowest BCUT2D eigenvalue weighted by molar-refractivity contribution is -0.114. The molecule has 0 radical (unpaired) electrons. The first-order chi connectivity index (χ1) is 15.4. The Balaban J connectivity index is 1.70. The van der Waals surface area contributed by atoms with E-state index in [1.54, 1.807) is 30.3 Å². The van der Waals surface area contributed by atoms with Crippen LogP contribution in [0.4, 0.5) is 5.69 Å². The molecule has 8 nitrogen and oxygen atoms in total. The smallest absolute Gasteiger partial charge is 0.265 e. The van der Waals surface area contributed by atoms with Gasteiger partial charge in [0.2, 0.25) is 5.91 Å². The number of rotatable bonds is 6. The van der Waals surface area contributed by atoms with Gasteiger partial charge < -0.3 is 14.8 Å². The Bertz CT molecular complexity index is 1130. The van der Waals surface area contributed by atoms with Crippen LogP contribution in [0.2, 0.25) is 0 Å². The Morgan fingerprint density at radius 2 is 1.91 bits per heavy atom. The first-order valence-corrected chi connectivity index (χ1v) is 10.5. The number of anilines is 1. The zero-order chi connectivity index (χ0) is 22.8. The van der Waals surface area contributed by atoms with Crippen molar-refractivity contribution < 1.29 is 23.9 Å². The van der Waals surface area contributed by atoms with Crippen molar-refractivity contribution in [3.63, 3.8) is 0 Å². The van der Waals surface area contributed by atoms with Crippen LogP contribution in [-0.2, 0) is 4.79 Å². The topological polar surface area (TPSA) is 109 Å². The maximum absolute atomic E-state index is 13.2. The van der Waals surface area contributed by atoms with Gasteiger partial charge in [-0.1, -0.05) is 12.1 Å². The molecular formula is C24H23N3O5. The first kappa shape index (κ1) is 21.4. The number of ether oxygens (including phenoxy) is 2. The maximum Gasteiger partial charge on any atom is 0.265 e. The van der Waals surface area contributed by atoms with E-state index in [2.05, 4.69) is 11.4 Å². The SMILES string of the molecule is COc1ccc(C(C#N)N2C(=O)c3cccc(NC(C)=O)c3C2=O)cc1OC1CCCC1. The lowest BCUT2D eigenvalue weighted by atomic mass is 10.1. The molecule has 1 aliphatic heterocycles. The molecule has 0 saturated heterocycles. The van der Waals surface area contributed by atoms with Crippen LogP contribution in [0.25, 0.3) is 0 Å². The van der Waals surface area contributed by atoms with Gasteiger partial charge in [-0.3, -0.25) is 19.3 Å². The highest BCUT2D eigenvalue weighted by Gasteiger charge is 2.42. The van der Waals surface area contributed by atoms with Gasteiger partial charge in [0.1, 0.15) is 0 Å². The zero-order valence-corrected chi connectivity index (χ0v) is 17.9. The standard InChI is InChI=1S/C24H23N3O5/c1-14(28)26-18-9-5-8-17-22(18)24(30)27(23(17)29)19(13-25)15-10-11-20(31-2)21(12-15)32-16-6-3-4-7-16/h5,8-12,16,19H,3-4,6-7H2,1-2H3,(H,26,28). The summed E-state index contributed by atoms with van der Waals surface area (Å²) < 4.78 is 11.5. The molecular weight excluding hydrogens is 410 g/mol. The lowest BCUT2D eigenvalue weighted by Crippen LogP contribution is -2.33. The van der Waals surface area contributed by atoms with Crippen LogP contribution in [0, 0.1) is 11.3 Å². The van der Waals surface area contributed by atoms with Crippen molar-refractivity contribution in [1.29, 1.82) is 5.26 Å². The molecule has 1 fully saturated rings. The highest BCUT2D eigenvalue weighted by atomic mass is 16.5. The molecule has 1 aliphatic carbocycles. The minimum absolute atomic E-state index is 0.0687. The van der Waals surface area contributed by atoms with Gasteiger partial charge in [-0.05, 0) is 55.5 Å². The summed E-state index contributed by atoms with van der Waals surface area (Å²) in [4.78, 5) is 38.8. The number of hydrogen-bond donors (Lipinski definition) is 1. The number of benzene rings is 2. The number of imide groups is 1. The van der Waals surface area contributed by atoms with Crippen molar-refractivity contribution in [2.75, 3.05) is 12.4 Å². The van der Waals surface area contributed by atoms with Crippen LogP contribution < -0.4 is 14.8 Å². The number of fused-ring (bicyclic) bond motifs is 1. The second-order valence-corrected chi connectivity index (χ2v) is 7.86. The summed E-state index contributed by atoms with van der Waals surface area (Å²) in [6, 6.07) is 10.5. The molecule has 1 saturated carbocycles. The highest BCUT2D eigenvalue weighted by molar-refractivity contribution is 6.24. The fourth-order valence-corrected chi connectivity index (χ4v) is 4.25. The number of carbonyl (C=O) groups excluding carboxylic acids is 3. The molecule has 1 atom stereocenters. The molecule has 1 unspecified atom stereocenters. The van der Waals surface area contributed by atoms with Crippen LogP contribution >= 0.6 is 0 Å².